The van der Waals surface area contributed by atoms with Crippen LogP contribution in [0.1, 0.15) is 56.2 Å². The van der Waals surface area contributed by atoms with Gasteiger partial charge < -0.3 is 5.32 Å². The first-order valence-corrected chi connectivity index (χ1v) is 8.10. The van der Waals surface area contributed by atoms with E-state index < -0.39 is 0 Å². The molecule has 1 nitrogen and oxygen atoms in total. The topological polar surface area (TPSA) is 12.0 Å². The first-order chi connectivity index (χ1) is 9.65. The van der Waals surface area contributed by atoms with Gasteiger partial charge in [0.15, 0.2) is 0 Å². The van der Waals surface area contributed by atoms with Crippen molar-refractivity contribution < 1.29 is 0 Å². The molecule has 0 heterocycles. The largest absolute Gasteiger partial charge is 0.317 e. The van der Waals surface area contributed by atoms with E-state index in [9.17, 15) is 0 Å². The summed E-state index contributed by atoms with van der Waals surface area (Å²) in [4.78, 5) is 0. The van der Waals surface area contributed by atoms with Gasteiger partial charge in [0.1, 0.15) is 0 Å². The highest BCUT2D eigenvalue weighted by Gasteiger charge is 2.23. The first kappa shape index (κ1) is 15.3. The van der Waals surface area contributed by atoms with Crippen molar-refractivity contribution in [3.63, 3.8) is 0 Å². The summed E-state index contributed by atoms with van der Waals surface area (Å²) >= 11 is 0. The Kier molecular flexibility index (Phi) is 5.42. The molecule has 2 unspecified atom stereocenters. The van der Waals surface area contributed by atoms with Crippen molar-refractivity contribution in [3.8, 4) is 0 Å². The highest BCUT2D eigenvalue weighted by Crippen LogP contribution is 2.29. The Balaban J connectivity index is 2.14. The predicted octanol–water partition coefficient (Wildman–Crippen LogP) is 4.60. The molecule has 2 atom stereocenters. The van der Waals surface area contributed by atoms with Crippen LogP contribution in [0.5, 0.6) is 0 Å². The van der Waals surface area contributed by atoms with Gasteiger partial charge in [-0.2, -0.15) is 0 Å². The van der Waals surface area contributed by atoms with Gasteiger partial charge in [0.05, 0.1) is 0 Å². The number of hydrogen-bond acceptors (Lipinski definition) is 1. The van der Waals surface area contributed by atoms with Crippen LogP contribution in [-0.2, 0) is 12.8 Å². The Bertz CT molecular complexity index is 461. The van der Waals surface area contributed by atoms with E-state index in [2.05, 4.69) is 51.0 Å². The molecule has 1 N–H and O–H groups in total. The van der Waals surface area contributed by atoms with Gasteiger partial charge in [-0.3, -0.25) is 0 Å². The second-order valence-corrected chi connectivity index (χ2v) is 6.27. The van der Waals surface area contributed by atoms with E-state index >= 15 is 0 Å². The van der Waals surface area contributed by atoms with Gasteiger partial charge in [-0.1, -0.05) is 50.1 Å². The van der Waals surface area contributed by atoms with Gasteiger partial charge in [-0.05, 0) is 62.3 Å². The zero-order chi connectivity index (χ0) is 14.5. The van der Waals surface area contributed by atoms with Crippen LogP contribution in [-0.4, -0.2) is 13.1 Å². The minimum absolute atomic E-state index is 0.703. The van der Waals surface area contributed by atoms with Crippen molar-refractivity contribution in [2.75, 3.05) is 7.05 Å². The molecule has 2 rings (SSSR count). The fraction of sp³-hybridized carbons (Fsp3) is 0.579. The van der Waals surface area contributed by atoms with Crippen LogP contribution in [0.3, 0.4) is 0 Å². The average molecular weight is 271 g/mol. The maximum Gasteiger partial charge on any atom is 0.00955 e. The smallest absolute Gasteiger partial charge is 0.00955 e. The molecular formula is C19H29N. The fourth-order valence-electron chi connectivity index (χ4n) is 3.62. The van der Waals surface area contributed by atoms with Gasteiger partial charge in [-0.15, -0.1) is 0 Å². The summed E-state index contributed by atoms with van der Waals surface area (Å²) in [5.41, 5.74) is 5.47. The van der Waals surface area contributed by atoms with Crippen LogP contribution in [0.25, 0.3) is 5.57 Å². The van der Waals surface area contributed by atoms with E-state index in [-0.39, 0.29) is 0 Å². The molecule has 0 saturated heterocycles. The lowest BCUT2D eigenvalue weighted by atomic mass is 9.80. The maximum atomic E-state index is 4.09. The van der Waals surface area contributed by atoms with E-state index in [1.807, 2.05) is 0 Å². The summed E-state index contributed by atoms with van der Waals surface area (Å²) in [6, 6.07) is 7.69. The van der Waals surface area contributed by atoms with E-state index in [1.165, 1.54) is 54.4 Å². The third kappa shape index (κ3) is 3.52. The van der Waals surface area contributed by atoms with Crippen LogP contribution >= 0.6 is 0 Å². The van der Waals surface area contributed by atoms with Crippen LogP contribution in [0.4, 0.5) is 0 Å². The van der Waals surface area contributed by atoms with Crippen molar-refractivity contribution in [2.24, 2.45) is 5.92 Å². The van der Waals surface area contributed by atoms with Crippen molar-refractivity contribution >= 4 is 5.57 Å². The molecule has 1 aliphatic carbocycles. The standard InChI is InChI=1S/C19H29N/c1-5-16-12-15(10-11-18(16)14(2)3)13-17-8-6-7-9-19(17)20-4/h10-12,17,19-20H,2,5-9,13H2,1,3-4H3. The highest BCUT2D eigenvalue weighted by molar-refractivity contribution is 5.65. The van der Waals surface area contributed by atoms with E-state index in [0.717, 1.165) is 12.3 Å². The minimum Gasteiger partial charge on any atom is -0.317 e. The molecule has 0 bridgehead atoms. The monoisotopic (exact) mass is 271 g/mol. The Morgan fingerprint density at radius 3 is 2.70 bits per heavy atom. The van der Waals surface area contributed by atoms with Gasteiger partial charge in [0.25, 0.3) is 0 Å². The molecule has 0 amide bonds. The summed E-state index contributed by atoms with van der Waals surface area (Å²) in [5, 5.41) is 3.52. The third-order valence-electron chi connectivity index (χ3n) is 4.79. The van der Waals surface area contributed by atoms with Crippen LogP contribution in [0.15, 0.2) is 24.8 Å². The Morgan fingerprint density at radius 2 is 2.05 bits per heavy atom. The SMILES string of the molecule is C=C(C)c1ccc(CC2CCCCC2NC)cc1CC. The predicted molar refractivity (Wildman–Crippen MR) is 89.0 cm³/mol. The lowest BCUT2D eigenvalue weighted by molar-refractivity contribution is 0.272. The Morgan fingerprint density at radius 1 is 1.30 bits per heavy atom. The van der Waals surface area contributed by atoms with Gasteiger partial charge in [0.2, 0.25) is 0 Å². The quantitative estimate of drug-likeness (QED) is 0.825. The molecule has 20 heavy (non-hydrogen) atoms. The Hall–Kier alpha value is -1.08. The molecular weight excluding hydrogens is 242 g/mol. The lowest BCUT2D eigenvalue weighted by Gasteiger charge is -2.31. The number of aryl methyl sites for hydroxylation is 1. The molecule has 0 spiro atoms. The van der Waals surface area contributed by atoms with Crippen molar-refractivity contribution in [3.05, 3.63) is 41.5 Å². The molecule has 1 fully saturated rings. The van der Waals surface area contributed by atoms with Gasteiger partial charge in [0, 0.05) is 6.04 Å². The number of benzene rings is 1. The molecule has 0 aliphatic heterocycles. The highest BCUT2D eigenvalue weighted by atomic mass is 14.9. The van der Waals surface area contributed by atoms with Crippen molar-refractivity contribution in [1.29, 1.82) is 0 Å². The van der Waals surface area contributed by atoms with Crippen LogP contribution in [0.2, 0.25) is 0 Å². The van der Waals surface area contributed by atoms with Crippen molar-refractivity contribution in [2.45, 2.75) is 58.4 Å². The molecule has 1 aromatic rings. The zero-order valence-electron chi connectivity index (χ0n) is 13.3. The average Bonchev–Trinajstić information content (AvgIpc) is 2.47. The van der Waals surface area contributed by atoms with Gasteiger partial charge >= 0.3 is 0 Å². The van der Waals surface area contributed by atoms with Crippen LogP contribution in [0, 0.1) is 5.92 Å². The molecule has 1 aliphatic rings. The van der Waals surface area contributed by atoms with Crippen LogP contribution < -0.4 is 5.32 Å². The van der Waals surface area contributed by atoms with E-state index in [4.69, 9.17) is 0 Å². The number of rotatable bonds is 5. The summed E-state index contributed by atoms with van der Waals surface area (Å²) in [6.07, 6.45) is 7.80. The molecule has 1 heteroatoms. The second-order valence-electron chi connectivity index (χ2n) is 6.27. The Labute approximate surface area is 124 Å². The lowest BCUT2D eigenvalue weighted by Crippen LogP contribution is -2.37. The fourth-order valence-corrected chi connectivity index (χ4v) is 3.62. The molecule has 110 valence electrons. The normalized spacial score (nSPS) is 22.8. The first-order valence-electron chi connectivity index (χ1n) is 8.10. The summed E-state index contributed by atoms with van der Waals surface area (Å²) in [5.74, 6) is 0.800. The second kappa shape index (κ2) is 7.08. The molecule has 1 saturated carbocycles. The number of hydrogen-bond donors (Lipinski definition) is 1. The third-order valence-corrected chi connectivity index (χ3v) is 4.79. The summed E-state index contributed by atoms with van der Waals surface area (Å²) in [7, 11) is 2.12. The van der Waals surface area contributed by atoms with Gasteiger partial charge in [-0.25, -0.2) is 0 Å². The van der Waals surface area contributed by atoms with Crippen molar-refractivity contribution in [1.82, 2.24) is 5.32 Å². The molecule has 0 aromatic heterocycles. The van der Waals surface area contributed by atoms with E-state index in [0.29, 0.717) is 6.04 Å². The zero-order valence-corrected chi connectivity index (χ0v) is 13.3. The molecule has 0 radical (unpaired) electrons. The molecule has 1 aromatic carbocycles. The minimum atomic E-state index is 0.703. The number of allylic oxidation sites excluding steroid dienone is 1. The summed E-state index contributed by atoms with van der Waals surface area (Å²) < 4.78 is 0. The van der Waals surface area contributed by atoms with E-state index in [1.54, 1.807) is 0 Å². The maximum absolute atomic E-state index is 4.09. The number of nitrogens with one attached hydrogen (secondary N) is 1. The summed E-state index contributed by atoms with van der Waals surface area (Å²) in [6.45, 7) is 8.44.